The van der Waals surface area contributed by atoms with Gasteiger partial charge in [-0.15, -0.1) is 5.10 Å². The molecule has 0 saturated carbocycles. The van der Waals surface area contributed by atoms with Crippen LogP contribution in [0.4, 0.5) is 0 Å². The number of hydrogen-bond donors (Lipinski definition) is 3. The summed E-state index contributed by atoms with van der Waals surface area (Å²) in [5.74, 6) is -0.153. The lowest BCUT2D eigenvalue weighted by molar-refractivity contribution is 0.232. The summed E-state index contributed by atoms with van der Waals surface area (Å²) in [7, 11) is 0. The zero-order valence-corrected chi connectivity index (χ0v) is 8.04. The number of allylic oxidation sites excluding steroid dienone is 1. The van der Waals surface area contributed by atoms with Crippen molar-refractivity contribution < 1.29 is 5.21 Å². The van der Waals surface area contributed by atoms with Gasteiger partial charge in [-0.05, 0) is 11.6 Å². The van der Waals surface area contributed by atoms with Crippen molar-refractivity contribution in [3.63, 3.8) is 0 Å². The van der Waals surface area contributed by atoms with E-state index in [2.05, 4.69) is 10.2 Å². The van der Waals surface area contributed by atoms with Crippen LogP contribution in [0, 0.1) is 0 Å². The Bertz CT molecular complexity index is 370. The molecule has 78 valence electrons. The van der Waals surface area contributed by atoms with Crippen LogP contribution in [-0.2, 0) is 0 Å². The summed E-state index contributed by atoms with van der Waals surface area (Å²) in [6.07, 6.45) is 5.07. The first-order chi connectivity index (χ1) is 7.33. The van der Waals surface area contributed by atoms with E-state index in [-0.39, 0.29) is 5.96 Å². The van der Waals surface area contributed by atoms with Gasteiger partial charge in [0.05, 0.1) is 0 Å². The van der Waals surface area contributed by atoms with Crippen molar-refractivity contribution in [2.75, 3.05) is 0 Å². The quantitative estimate of drug-likeness (QED) is 0.390. The third kappa shape index (κ3) is 4.58. The van der Waals surface area contributed by atoms with Crippen LogP contribution >= 0.6 is 0 Å². The predicted octanol–water partition coefficient (Wildman–Crippen LogP) is 0.979. The minimum absolute atomic E-state index is 0.153. The first-order valence-corrected chi connectivity index (χ1v) is 4.31. The van der Waals surface area contributed by atoms with Crippen LogP contribution < -0.4 is 11.2 Å². The van der Waals surface area contributed by atoms with Crippen molar-refractivity contribution in [3.8, 4) is 0 Å². The third-order valence-corrected chi connectivity index (χ3v) is 1.52. The Morgan fingerprint density at radius 1 is 1.33 bits per heavy atom. The molecule has 0 aromatic heterocycles. The highest BCUT2D eigenvalue weighted by Crippen LogP contribution is 1.99. The zero-order chi connectivity index (χ0) is 10.9. The van der Waals surface area contributed by atoms with Crippen LogP contribution in [0.25, 0.3) is 6.08 Å². The van der Waals surface area contributed by atoms with Crippen molar-refractivity contribution in [1.82, 2.24) is 5.48 Å². The van der Waals surface area contributed by atoms with E-state index in [4.69, 9.17) is 10.9 Å². The van der Waals surface area contributed by atoms with Gasteiger partial charge in [0.2, 0.25) is 5.96 Å². The van der Waals surface area contributed by atoms with E-state index in [1.54, 1.807) is 11.6 Å². The second-order valence-corrected chi connectivity index (χ2v) is 2.63. The molecule has 0 atom stereocenters. The molecule has 1 aromatic rings. The Labute approximate surface area is 87.6 Å². The number of nitrogens with zero attached hydrogens (tertiary/aromatic N) is 2. The summed E-state index contributed by atoms with van der Waals surface area (Å²) < 4.78 is 0. The van der Waals surface area contributed by atoms with E-state index in [9.17, 15) is 0 Å². The van der Waals surface area contributed by atoms with E-state index in [1.807, 2.05) is 36.4 Å². The summed E-state index contributed by atoms with van der Waals surface area (Å²) in [5.41, 5.74) is 7.85. The minimum atomic E-state index is -0.153. The Morgan fingerprint density at radius 2 is 2.07 bits per heavy atom. The molecule has 0 radical (unpaired) electrons. The molecule has 0 amide bonds. The van der Waals surface area contributed by atoms with Crippen LogP contribution in [0.1, 0.15) is 5.56 Å². The largest absolute Gasteiger partial charge is 0.367 e. The molecule has 0 aliphatic heterocycles. The number of guanidine groups is 1. The van der Waals surface area contributed by atoms with Crippen LogP contribution in [0.15, 0.2) is 46.6 Å². The van der Waals surface area contributed by atoms with Gasteiger partial charge < -0.3 is 5.73 Å². The monoisotopic (exact) mass is 204 g/mol. The maximum atomic E-state index is 8.27. The van der Waals surface area contributed by atoms with Gasteiger partial charge >= 0.3 is 0 Å². The Morgan fingerprint density at radius 3 is 2.73 bits per heavy atom. The molecule has 15 heavy (non-hydrogen) atoms. The van der Waals surface area contributed by atoms with Crippen LogP contribution in [0.5, 0.6) is 0 Å². The SMILES string of the molecule is NC(=N/N=C\C=C/c1ccccc1)NO. The van der Waals surface area contributed by atoms with E-state index in [0.29, 0.717) is 0 Å². The summed E-state index contributed by atoms with van der Waals surface area (Å²) in [6.45, 7) is 0. The van der Waals surface area contributed by atoms with E-state index >= 15 is 0 Å². The topological polar surface area (TPSA) is 83.0 Å². The summed E-state index contributed by atoms with van der Waals surface area (Å²) in [6, 6.07) is 9.78. The molecule has 0 aliphatic rings. The second-order valence-electron chi connectivity index (χ2n) is 2.63. The number of nitrogens with one attached hydrogen (secondary N) is 1. The van der Waals surface area contributed by atoms with Gasteiger partial charge in [0.15, 0.2) is 0 Å². The molecular weight excluding hydrogens is 192 g/mol. The van der Waals surface area contributed by atoms with E-state index in [1.165, 1.54) is 6.21 Å². The number of hydroxylamine groups is 1. The van der Waals surface area contributed by atoms with Crippen molar-refractivity contribution in [1.29, 1.82) is 0 Å². The minimum Gasteiger partial charge on any atom is -0.367 e. The highest BCUT2D eigenvalue weighted by molar-refractivity contribution is 5.80. The Hall–Kier alpha value is -2.14. The van der Waals surface area contributed by atoms with Crippen molar-refractivity contribution >= 4 is 18.3 Å². The van der Waals surface area contributed by atoms with Gasteiger partial charge in [0.25, 0.3) is 0 Å². The van der Waals surface area contributed by atoms with Gasteiger partial charge in [-0.25, -0.2) is 5.48 Å². The third-order valence-electron chi connectivity index (χ3n) is 1.52. The lowest BCUT2D eigenvalue weighted by Gasteiger charge is -1.90. The fourth-order valence-corrected chi connectivity index (χ4v) is 0.875. The maximum Gasteiger partial charge on any atom is 0.237 e. The number of hydrogen-bond acceptors (Lipinski definition) is 3. The molecule has 0 aliphatic carbocycles. The van der Waals surface area contributed by atoms with Crippen LogP contribution in [-0.4, -0.2) is 17.4 Å². The van der Waals surface area contributed by atoms with E-state index < -0.39 is 0 Å². The normalized spacial score (nSPS) is 12.5. The molecule has 0 spiro atoms. The highest BCUT2D eigenvalue weighted by atomic mass is 16.5. The summed E-state index contributed by atoms with van der Waals surface area (Å²) in [4.78, 5) is 0. The lowest BCUT2D eigenvalue weighted by Crippen LogP contribution is -2.27. The molecule has 5 heteroatoms. The Kier molecular flexibility index (Phi) is 4.62. The molecular formula is C10H12N4O. The van der Waals surface area contributed by atoms with Gasteiger partial charge in [-0.3, -0.25) is 5.21 Å². The fraction of sp³-hybridized carbons (Fsp3) is 0. The van der Waals surface area contributed by atoms with E-state index in [0.717, 1.165) is 5.56 Å². The molecule has 4 N–H and O–H groups in total. The highest BCUT2D eigenvalue weighted by Gasteiger charge is 1.81. The standard InChI is InChI=1S/C10H12N4O/c11-10(14-15)13-12-8-4-7-9-5-2-1-3-6-9/h1-8,15H,(H3,11,13,14)/b7-4-,12-8-. The van der Waals surface area contributed by atoms with Gasteiger partial charge in [-0.1, -0.05) is 36.4 Å². The first kappa shape index (κ1) is 10.9. The van der Waals surface area contributed by atoms with Crippen molar-refractivity contribution in [2.24, 2.45) is 15.9 Å². The molecule has 1 aromatic carbocycles. The molecule has 0 heterocycles. The first-order valence-electron chi connectivity index (χ1n) is 4.31. The molecule has 1 rings (SSSR count). The van der Waals surface area contributed by atoms with Crippen molar-refractivity contribution in [2.45, 2.75) is 0 Å². The number of benzene rings is 1. The second kappa shape index (κ2) is 6.33. The fourth-order valence-electron chi connectivity index (χ4n) is 0.875. The smallest absolute Gasteiger partial charge is 0.237 e. The Balaban J connectivity index is 2.47. The molecule has 0 saturated heterocycles. The maximum absolute atomic E-state index is 8.27. The molecule has 5 nitrogen and oxygen atoms in total. The van der Waals surface area contributed by atoms with Gasteiger partial charge in [0.1, 0.15) is 0 Å². The summed E-state index contributed by atoms with van der Waals surface area (Å²) in [5, 5.41) is 15.3. The number of nitrogens with two attached hydrogens (primary N) is 1. The predicted molar refractivity (Wildman–Crippen MR) is 60.5 cm³/mol. The van der Waals surface area contributed by atoms with Gasteiger partial charge in [0, 0.05) is 6.21 Å². The molecule has 0 fully saturated rings. The average molecular weight is 204 g/mol. The average Bonchev–Trinajstić information content (AvgIpc) is 2.29. The van der Waals surface area contributed by atoms with Crippen LogP contribution in [0.2, 0.25) is 0 Å². The molecule has 0 bridgehead atoms. The van der Waals surface area contributed by atoms with Crippen molar-refractivity contribution in [3.05, 3.63) is 42.0 Å². The van der Waals surface area contributed by atoms with Gasteiger partial charge in [-0.2, -0.15) is 5.10 Å². The molecule has 0 unspecified atom stereocenters. The van der Waals surface area contributed by atoms with Crippen LogP contribution in [0.3, 0.4) is 0 Å². The lowest BCUT2D eigenvalue weighted by atomic mass is 10.2. The zero-order valence-electron chi connectivity index (χ0n) is 8.04. The number of rotatable bonds is 3. The summed E-state index contributed by atoms with van der Waals surface area (Å²) >= 11 is 0.